The number of rotatable bonds is 6. The molecule has 112 valence electrons. The molecule has 0 saturated heterocycles. The minimum Gasteiger partial charge on any atom is -0.361 e. The molecule has 0 atom stereocenters. The summed E-state index contributed by atoms with van der Waals surface area (Å²) in [5.74, 6) is 1.62. The summed E-state index contributed by atoms with van der Waals surface area (Å²) < 4.78 is 18.5. The molecule has 2 aromatic rings. The van der Waals surface area contributed by atoms with Gasteiger partial charge in [0.1, 0.15) is 11.6 Å². The number of carbonyl (C=O) groups excluding carboxylic acids is 1. The smallest absolute Gasteiger partial charge is 0.225 e. The van der Waals surface area contributed by atoms with E-state index in [2.05, 4.69) is 10.5 Å². The number of anilines is 1. The van der Waals surface area contributed by atoms with Crippen LogP contribution in [-0.4, -0.2) is 16.8 Å². The molecular formula is C15H17FN2O2S. The van der Waals surface area contributed by atoms with Crippen molar-refractivity contribution in [2.24, 2.45) is 0 Å². The summed E-state index contributed by atoms with van der Waals surface area (Å²) >= 11 is 1.63. The predicted octanol–water partition coefficient (Wildman–Crippen LogP) is 3.69. The summed E-state index contributed by atoms with van der Waals surface area (Å²) in [4.78, 5) is 11.7. The molecule has 0 aliphatic heterocycles. The van der Waals surface area contributed by atoms with Crippen LogP contribution in [0.3, 0.4) is 0 Å². The topological polar surface area (TPSA) is 55.1 Å². The monoisotopic (exact) mass is 308 g/mol. The summed E-state index contributed by atoms with van der Waals surface area (Å²) in [5, 5.41) is 6.45. The number of aromatic nitrogens is 1. The van der Waals surface area contributed by atoms with Crippen LogP contribution in [-0.2, 0) is 10.5 Å². The molecule has 4 nitrogen and oxygen atoms in total. The van der Waals surface area contributed by atoms with Crippen LogP contribution in [0.5, 0.6) is 0 Å². The molecule has 1 N–H and O–H groups in total. The van der Waals surface area contributed by atoms with Crippen LogP contribution in [0.1, 0.15) is 23.4 Å². The molecule has 0 unspecified atom stereocenters. The van der Waals surface area contributed by atoms with Crippen molar-refractivity contribution in [1.29, 1.82) is 0 Å². The zero-order valence-corrected chi connectivity index (χ0v) is 12.8. The third-order valence-electron chi connectivity index (χ3n) is 3.05. The second-order valence-electron chi connectivity index (χ2n) is 4.63. The van der Waals surface area contributed by atoms with E-state index in [1.807, 2.05) is 13.8 Å². The molecule has 1 aromatic carbocycles. The second-order valence-corrected chi connectivity index (χ2v) is 5.74. The van der Waals surface area contributed by atoms with Crippen LogP contribution in [0.25, 0.3) is 0 Å². The average molecular weight is 308 g/mol. The van der Waals surface area contributed by atoms with Crippen molar-refractivity contribution in [2.45, 2.75) is 26.0 Å². The number of halogens is 1. The van der Waals surface area contributed by atoms with Gasteiger partial charge < -0.3 is 9.84 Å². The minimum atomic E-state index is -0.422. The Morgan fingerprint density at radius 3 is 2.81 bits per heavy atom. The maximum Gasteiger partial charge on any atom is 0.225 e. The van der Waals surface area contributed by atoms with Gasteiger partial charge in [-0.3, -0.25) is 4.79 Å². The van der Waals surface area contributed by atoms with Crippen molar-refractivity contribution < 1.29 is 13.7 Å². The van der Waals surface area contributed by atoms with E-state index < -0.39 is 5.82 Å². The van der Waals surface area contributed by atoms with Gasteiger partial charge in [0.25, 0.3) is 0 Å². The van der Waals surface area contributed by atoms with Crippen LogP contribution >= 0.6 is 11.8 Å². The maximum atomic E-state index is 13.4. The van der Waals surface area contributed by atoms with E-state index in [4.69, 9.17) is 4.52 Å². The Morgan fingerprint density at radius 2 is 2.14 bits per heavy atom. The van der Waals surface area contributed by atoms with Gasteiger partial charge in [-0.25, -0.2) is 4.39 Å². The molecule has 0 aliphatic carbocycles. The zero-order chi connectivity index (χ0) is 15.2. The van der Waals surface area contributed by atoms with Gasteiger partial charge in [0, 0.05) is 23.5 Å². The van der Waals surface area contributed by atoms with Gasteiger partial charge >= 0.3 is 0 Å². The SMILES string of the molecule is Cc1noc(C)c1CSCCC(=O)Nc1ccccc1F. The van der Waals surface area contributed by atoms with E-state index in [9.17, 15) is 9.18 Å². The summed E-state index contributed by atoms with van der Waals surface area (Å²) in [6.45, 7) is 3.78. The van der Waals surface area contributed by atoms with Crippen molar-refractivity contribution in [1.82, 2.24) is 5.16 Å². The number of benzene rings is 1. The lowest BCUT2D eigenvalue weighted by atomic mass is 10.2. The van der Waals surface area contributed by atoms with E-state index in [-0.39, 0.29) is 11.6 Å². The number of thioether (sulfide) groups is 1. The average Bonchev–Trinajstić information content (AvgIpc) is 2.77. The Labute approximate surface area is 127 Å². The highest BCUT2D eigenvalue weighted by molar-refractivity contribution is 7.98. The third-order valence-corrected chi connectivity index (χ3v) is 4.03. The number of para-hydroxylation sites is 1. The standard InChI is InChI=1S/C15H17FN2O2S/c1-10-12(11(2)20-18-10)9-21-8-7-15(19)17-14-6-4-3-5-13(14)16/h3-6H,7-9H2,1-2H3,(H,17,19). The number of nitrogens with zero attached hydrogens (tertiary/aromatic N) is 1. The van der Waals surface area contributed by atoms with Crippen LogP contribution in [0.15, 0.2) is 28.8 Å². The Morgan fingerprint density at radius 1 is 1.38 bits per heavy atom. The summed E-state index contributed by atoms with van der Waals surface area (Å²) in [6, 6.07) is 6.14. The van der Waals surface area contributed by atoms with Gasteiger partial charge in [0.05, 0.1) is 11.4 Å². The van der Waals surface area contributed by atoms with Gasteiger partial charge in [-0.2, -0.15) is 11.8 Å². The highest BCUT2D eigenvalue weighted by Gasteiger charge is 2.10. The molecule has 0 bridgehead atoms. The van der Waals surface area contributed by atoms with E-state index in [1.165, 1.54) is 6.07 Å². The highest BCUT2D eigenvalue weighted by Crippen LogP contribution is 2.20. The van der Waals surface area contributed by atoms with Crippen LogP contribution in [0.4, 0.5) is 10.1 Å². The molecular weight excluding hydrogens is 291 g/mol. The lowest BCUT2D eigenvalue weighted by molar-refractivity contribution is -0.115. The predicted molar refractivity (Wildman–Crippen MR) is 81.8 cm³/mol. The van der Waals surface area contributed by atoms with Crippen molar-refractivity contribution in [3.05, 3.63) is 47.1 Å². The van der Waals surface area contributed by atoms with Gasteiger partial charge in [-0.15, -0.1) is 0 Å². The first-order chi connectivity index (χ1) is 10.1. The van der Waals surface area contributed by atoms with E-state index in [1.54, 1.807) is 30.0 Å². The fourth-order valence-corrected chi connectivity index (χ4v) is 2.91. The van der Waals surface area contributed by atoms with Gasteiger partial charge in [-0.1, -0.05) is 17.3 Å². The molecule has 21 heavy (non-hydrogen) atoms. The number of nitrogens with one attached hydrogen (secondary N) is 1. The van der Waals surface area contributed by atoms with Crippen molar-refractivity contribution in [3.8, 4) is 0 Å². The second kappa shape index (κ2) is 7.26. The van der Waals surface area contributed by atoms with Crippen LogP contribution in [0, 0.1) is 19.7 Å². The molecule has 0 spiro atoms. The van der Waals surface area contributed by atoms with Crippen LogP contribution < -0.4 is 5.32 Å². The largest absolute Gasteiger partial charge is 0.361 e. The third kappa shape index (κ3) is 4.32. The Balaban J connectivity index is 1.74. The summed E-state index contributed by atoms with van der Waals surface area (Å²) in [5.41, 5.74) is 2.18. The fraction of sp³-hybridized carbons (Fsp3) is 0.333. The maximum absolute atomic E-state index is 13.4. The quantitative estimate of drug-likeness (QED) is 0.827. The van der Waals surface area contributed by atoms with Gasteiger partial charge in [0.15, 0.2) is 0 Å². The van der Waals surface area contributed by atoms with E-state index in [0.717, 1.165) is 22.8 Å². The Hall–Kier alpha value is -1.82. The minimum absolute atomic E-state index is 0.189. The zero-order valence-electron chi connectivity index (χ0n) is 12.0. The molecule has 0 fully saturated rings. The van der Waals surface area contributed by atoms with Crippen LogP contribution in [0.2, 0.25) is 0 Å². The molecule has 2 rings (SSSR count). The normalized spacial score (nSPS) is 10.6. The molecule has 0 radical (unpaired) electrons. The molecule has 1 heterocycles. The molecule has 0 saturated carbocycles. The fourth-order valence-electron chi connectivity index (χ4n) is 1.82. The number of carbonyl (C=O) groups is 1. The molecule has 1 amide bonds. The van der Waals surface area contributed by atoms with E-state index in [0.29, 0.717) is 12.2 Å². The molecule has 1 aromatic heterocycles. The highest BCUT2D eigenvalue weighted by atomic mass is 32.2. The number of aryl methyl sites for hydroxylation is 2. The Bertz CT molecular complexity index is 608. The van der Waals surface area contributed by atoms with Gasteiger partial charge in [0.2, 0.25) is 5.91 Å². The number of hydrogen-bond acceptors (Lipinski definition) is 4. The molecule has 0 aliphatic rings. The Kier molecular flexibility index (Phi) is 5.38. The van der Waals surface area contributed by atoms with Gasteiger partial charge in [-0.05, 0) is 26.0 Å². The summed E-state index contributed by atoms with van der Waals surface area (Å²) in [7, 11) is 0. The number of hydrogen-bond donors (Lipinski definition) is 1. The first-order valence-electron chi connectivity index (χ1n) is 6.62. The van der Waals surface area contributed by atoms with Crippen molar-refractivity contribution >= 4 is 23.4 Å². The van der Waals surface area contributed by atoms with E-state index >= 15 is 0 Å². The first kappa shape index (κ1) is 15.6. The lowest BCUT2D eigenvalue weighted by Crippen LogP contribution is -2.13. The van der Waals surface area contributed by atoms with Crippen molar-refractivity contribution in [2.75, 3.05) is 11.1 Å². The summed E-state index contributed by atoms with van der Waals surface area (Å²) in [6.07, 6.45) is 0.336. The lowest BCUT2D eigenvalue weighted by Gasteiger charge is -2.06. The number of amides is 1. The van der Waals surface area contributed by atoms with Crippen molar-refractivity contribution in [3.63, 3.8) is 0 Å². The molecule has 6 heteroatoms. The first-order valence-corrected chi connectivity index (χ1v) is 7.77.